The molecule has 0 radical (unpaired) electrons. The van der Waals surface area contributed by atoms with Gasteiger partial charge in [0.05, 0.1) is 5.02 Å². The van der Waals surface area contributed by atoms with Crippen molar-refractivity contribution in [1.82, 2.24) is 9.38 Å². The number of nitroso groups, excluding NO2 is 1. The van der Waals surface area contributed by atoms with Crippen LogP contribution in [0.2, 0.25) is 5.02 Å². The van der Waals surface area contributed by atoms with Crippen LogP contribution in [-0.2, 0) is 0 Å². The van der Waals surface area contributed by atoms with Gasteiger partial charge in [-0.25, -0.2) is 4.98 Å². The van der Waals surface area contributed by atoms with Gasteiger partial charge in [-0.15, -0.1) is 4.91 Å². The molecule has 0 atom stereocenters. The van der Waals surface area contributed by atoms with Gasteiger partial charge in [0.15, 0.2) is 5.65 Å². The molecule has 0 fully saturated rings. The highest BCUT2D eigenvalue weighted by atomic mass is 35.5. The van der Waals surface area contributed by atoms with Crippen LogP contribution >= 0.6 is 11.6 Å². The van der Waals surface area contributed by atoms with Crippen molar-refractivity contribution in [3.8, 4) is 11.3 Å². The van der Waals surface area contributed by atoms with E-state index in [9.17, 15) is 4.91 Å². The fourth-order valence-corrected chi connectivity index (χ4v) is 2.22. The van der Waals surface area contributed by atoms with Crippen LogP contribution in [0.5, 0.6) is 0 Å². The Balaban J connectivity index is 2.32. The second-order valence-electron chi connectivity index (χ2n) is 4.29. The predicted octanol–water partition coefficient (Wildman–Crippen LogP) is 4.36. The first-order valence-corrected chi connectivity index (χ1v) is 6.15. The second-order valence-corrected chi connectivity index (χ2v) is 4.70. The summed E-state index contributed by atoms with van der Waals surface area (Å²) in [5.74, 6) is 0.265. The molecule has 1 aromatic carbocycles. The molecule has 0 aliphatic rings. The summed E-state index contributed by atoms with van der Waals surface area (Å²) >= 11 is 6.08. The van der Waals surface area contributed by atoms with E-state index in [0.717, 1.165) is 11.1 Å². The lowest BCUT2D eigenvalue weighted by atomic mass is 10.1. The molecule has 0 N–H and O–H groups in total. The average molecular weight is 272 g/mol. The highest BCUT2D eigenvalue weighted by Crippen LogP contribution is 2.32. The van der Waals surface area contributed by atoms with Crippen molar-refractivity contribution in [3.63, 3.8) is 0 Å². The highest BCUT2D eigenvalue weighted by molar-refractivity contribution is 6.33. The van der Waals surface area contributed by atoms with Crippen LogP contribution in [-0.4, -0.2) is 9.38 Å². The van der Waals surface area contributed by atoms with Crippen LogP contribution in [0.25, 0.3) is 16.9 Å². The van der Waals surface area contributed by atoms with Gasteiger partial charge in [0, 0.05) is 11.8 Å². The van der Waals surface area contributed by atoms with Crippen LogP contribution in [0.15, 0.2) is 47.8 Å². The number of rotatable bonds is 2. The Hall–Kier alpha value is -2.20. The smallest absolute Gasteiger partial charge is 0.209 e. The molecule has 19 heavy (non-hydrogen) atoms. The Bertz CT molecular complexity index is 762. The Labute approximate surface area is 114 Å². The lowest BCUT2D eigenvalue weighted by Gasteiger charge is -1.98. The minimum Gasteiger partial charge on any atom is -0.280 e. The van der Waals surface area contributed by atoms with E-state index in [1.54, 1.807) is 22.7 Å². The van der Waals surface area contributed by atoms with Crippen molar-refractivity contribution in [3.05, 3.63) is 58.1 Å². The lowest BCUT2D eigenvalue weighted by Crippen LogP contribution is -1.82. The summed E-state index contributed by atoms with van der Waals surface area (Å²) in [4.78, 5) is 15.5. The first-order chi connectivity index (χ1) is 9.20. The summed E-state index contributed by atoms with van der Waals surface area (Å²) in [6.07, 6.45) is 1.72. The largest absolute Gasteiger partial charge is 0.280 e. The van der Waals surface area contributed by atoms with Gasteiger partial charge in [-0.05, 0) is 24.2 Å². The van der Waals surface area contributed by atoms with Crippen molar-refractivity contribution in [2.24, 2.45) is 5.18 Å². The number of aromatic nitrogens is 2. The summed E-state index contributed by atoms with van der Waals surface area (Å²) in [6.45, 7) is 2.00. The second kappa shape index (κ2) is 4.48. The Morgan fingerprint density at radius 1 is 1.21 bits per heavy atom. The summed E-state index contributed by atoms with van der Waals surface area (Å²) in [7, 11) is 0. The molecular weight excluding hydrogens is 262 g/mol. The fourth-order valence-electron chi connectivity index (χ4n) is 2.01. The van der Waals surface area contributed by atoms with Crippen molar-refractivity contribution in [2.75, 3.05) is 0 Å². The summed E-state index contributed by atoms with van der Waals surface area (Å²) in [6, 6.07) is 11.3. The molecule has 4 nitrogen and oxygen atoms in total. The number of fused-ring (bicyclic) bond motifs is 1. The zero-order valence-electron chi connectivity index (χ0n) is 10.2. The number of aryl methyl sites for hydroxylation is 1. The van der Waals surface area contributed by atoms with E-state index >= 15 is 0 Å². The first kappa shape index (κ1) is 11.9. The zero-order chi connectivity index (χ0) is 13.4. The van der Waals surface area contributed by atoms with E-state index < -0.39 is 0 Å². The molecule has 0 bridgehead atoms. The molecule has 0 saturated carbocycles. The van der Waals surface area contributed by atoms with Gasteiger partial charge in [-0.2, -0.15) is 0 Å². The summed E-state index contributed by atoms with van der Waals surface area (Å²) in [5, 5.41) is 3.58. The number of nitrogens with zero attached hydrogens (tertiary/aromatic N) is 3. The highest BCUT2D eigenvalue weighted by Gasteiger charge is 2.16. The first-order valence-electron chi connectivity index (χ1n) is 5.77. The Kier molecular flexibility index (Phi) is 2.80. The lowest BCUT2D eigenvalue weighted by molar-refractivity contribution is 1.16. The zero-order valence-corrected chi connectivity index (χ0v) is 10.9. The van der Waals surface area contributed by atoms with Crippen LogP contribution < -0.4 is 0 Å². The van der Waals surface area contributed by atoms with Crippen LogP contribution in [0.1, 0.15) is 5.56 Å². The van der Waals surface area contributed by atoms with Gasteiger partial charge in [-0.3, -0.25) is 4.40 Å². The minimum absolute atomic E-state index is 0.265. The predicted molar refractivity (Wildman–Crippen MR) is 75.8 cm³/mol. The molecule has 0 amide bonds. The number of benzene rings is 1. The van der Waals surface area contributed by atoms with E-state index in [-0.39, 0.29) is 5.82 Å². The van der Waals surface area contributed by atoms with E-state index in [1.807, 2.05) is 31.2 Å². The number of pyridine rings is 1. The van der Waals surface area contributed by atoms with Crippen LogP contribution in [0.4, 0.5) is 5.82 Å². The number of hydrogen-bond donors (Lipinski definition) is 0. The SMILES string of the molecule is Cc1ccc(-c2nc3c(Cl)cccn3c2N=O)cc1. The monoisotopic (exact) mass is 271 g/mol. The molecule has 2 aromatic heterocycles. The topological polar surface area (TPSA) is 46.7 Å². The van der Waals surface area contributed by atoms with E-state index in [0.29, 0.717) is 16.4 Å². The average Bonchev–Trinajstić information content (AvgIpc) is 2.79. The van der Waals surface area contributed by atoms with Crippen molar-refractivity contribution in [1.29, 1.82) is 0 Å². The molecule has 5 heteroatoms. The molecule has 0 saturated heterocycles. The van der Waals surface area contributed by atoms with Crippen LogP contribution in [0.3, 0.4) is 0 Å². The number of halogens is 1. The minimum atomic E-state index is 0.265. The molecule has 0 aliphatic heterocycles. The molecule has 3 rings (SSSR count). The quantitative estimate of drug-likeness (QED) is 0.650. The number of hydrogen-bond acceptors (Lipinski definition) is 3. The maximum atomic E-state index is 11.1. The van der Waals surface area contributed by atoms with Crippen molar-refractivity contribution < 1.29 is 0 Å². The molecule has 2 heterocycles. The van der Waals surface area contributed by atoms with Gasteiger partial charge in [0.1, 0.15) is 5.69 Å². The van der Waals surface area contributed by atoms with E-state index in [1.165, 1.54) is 0 Å². The van der Waals surface area contributed by atoms with Gasteiger partial charge >= 0.3 is 0 Å². The van der Waals surface area contributed by atoms with Crippen molar-refractivity contribution in [2.45, 2.75) is 6.92 Å². The summed E-state index contributed by atoms with van der Waals surface area (Å²) in [5.41, 5.74) is 3.07. The van der Waals surface area contributed by atoms with E-state index in [4.69, 9.17) is 11.6 Å². The normalized spacial score (nSPS) is 10.8. The molecule has 3 aromatic rings. The molecule has 94 valence electrons. The third-order valence-corrected chi connectivity index (χ3v) is 3.28. The third kappa shape index (κ3) is 1.90. The third-order valence-electron chi connectivity index (χ3n) is 2.99. The molecule has 0 aliphatic carbocycles. The molecule has 0 spiro atoms. The molecular formula is C14H10ClN3O. The van der Waals surface area contributed by atoms with Crippen molar-refractivity contribution >= 4 is 23.1 Å². The van der Waals surface area contributed by atoms with E-state index in [2.05, 4.69) is 10.2 Å². The Morgan fingerprint density at radius 3 is 2.63 bits per heavy atom. The van der Waals surface area contributed by atoms with Gasteiger partial charge in [0.2, 0.25) is 5.82 Å². The fraction of sp³-hybridized carbons (Fsp3) is 0.0714. The maximum absolute atomic E-state index is 11.1. The number of imidazole rings is 1. The molecule has 0 unspecified atom stereocenters. The maximum Gasteiger partial charge on any atom is 0.209 e. The van der Waals surface area contributed by atoms with Gasteiger partial charge in [-0.1, -0.05) is 41.4 Å². The van der Waals surface area contributed by atoms with Gasteiger partial charge < -0.3 is 0 Å². The van der Waals surface area contributed by atoms with Crippen LogP contribution in [0, 0.1) is 11.8 Å². The standard InChI is InChI=1S/C14H10ClN3O/c1-9-4-6-10(7-5-9)12-14(17-19)18-8-2-3-11(15)13(18)16-12/h2-8H,1H3. The Morgan fingerprint density at radius 2 is 1.95 bits per heavy atom. The van der Waals surface area contributed by atoms with Gasteiger partial charge in [0.25, 0.3) is 0 Å². The summed E-state index contributed by atoms with van der Waals surface area (Å²) < 4.78 is 1.60.